The Morgan fingerprint density at radius 3 is 2.56 bits per heavy atom. The van der Waals surface area contributed by atoms with Crippen LogP contribution < -0.4 is 5.32 Å². The van der Waals surface area contributed by atoms with Crippen molar-refractivity contribution in [2.75, 3.05) is 23.8 Å². The molecule has 0 aromatic heterocycles. The molecule has 1 heterocycles. The molecular formula is C12H20F3NS2. The molecule has 1 aliphatic carbocycles. The van der Waals surface area contributed by atoms with E-state index < -0.39 is 12.1 Å². The van der Waals surface area contributed by atoms with Crippen molar-refractivity contribution >= 4 is 23.5 Å². The van der Waals surface area contributed by atoms with Crippen LogP contribution in [0.15, 0.2) is 0 Å². The first-order valence-corrected chi connectivity index (χ1v) is 8.77. The van der Waals surface area contributed by atoms with Gasteiger partial charge >= 0.3 is 6.18 Å². The zero-order valence-corrected chi connectivity index (χ0v) is 12.0. The highest BCUT2D eigenvalue weighted by molar-refractivity contribution is 8.06. The monoisotopic (exact) mass is 299 g/mol. The molecule has 2 aliphatic rings. The molecule has 1 nitrogen and oxygen atoms in total. The highest BCUT2D eigenvalue weighted by Crippen LogP contribution is 2.37. The maximum Gasteiger partial charge on any atom is 0.393 e. The zero-order chi connectivity index (χ0) is 13.0. The van der Waals surface area contributed by atoms with Crippen LogP contribution in [0, 0.1) is 5.92 Å². The van der Waals surface area contributed by atoms with E-state index in [9.17, 15) is 13.2 Å². The van der Waals surface area contributed by atoms with Crippen LogP contribution in [0.2, 0.25) is 0 Å². The normalized spacial score (nSPS) is 34.5. The Labute approximate surface area is 115 Å². The standard InChI is InChI=1S/C12H20F3NS2/c13-12(14,15)10-3-1-2-4-11(10)16-7-9-8-17-5-6-18-9/h9-11,16H,1-8H2. The van der Waals surface area contributed by atoms with Crippen molar-refractivity contribution < 1.29 is 13.2 Å². The average Bonchev–Trinajstić information content (AvgIpc) is 2.37. The zero-order valence-electron chi connectivity index (χ0n) is 10.3. The smallest absolute Gasteiger partial charge is 0.312 e. The minimum absolute atomic E-state index is 0.299. The molecular weight excluding hydrogens is 279 g/mol. The van der Waals surface area contributed by atoms with Crippen molar-refractivity contribution in [1.29, 1.82) is 0 Å². The number of rotatable bonds is 3. The van der Waals surface area contributed by atoms with Crippen molar-refractivity contribution in [3.8, 4) is 0 Å². The molecule has 6 heteroatoms. The van der Waals surface area contributed by atoms with Crippen LogP contribution in [0.1, 0.15) is 25.7 Å². The predicted octanol–water partition coefficient (Wildman–Crippen LogP) is 3.55. The molecule has 0 radical (unpaired) electrons. The Balaban J connectivity index is 1.81. The van der Waals surface area contributed by atoms with E-state index in [-0.39, 0.29) is 6.04 Å². The second kappa shape index (κ2) is 6.75. The van der Waals surface area contributed by atoms with Crippen LogP contribution in [0.25, 0.3) is 0 Å². The van der Waals surface area contributed by atoms with E-state index in [4.69, 9.17) is 0 Å². The molecule has 3 unspecified atom stereocenters. The first-order chi connectivity index (χ1) is 8.57. The fraction of sp³-hybridized carbons (Fsp3) is 1.00. The number of thioether (sulfide) groups is 2. The van der Waals surface area contributed by atoms with Gasteiger partial charge in [0.2, 0.25) is 0 Å². The second-order valence-electron chi connectivity index (χ2n) is 5.02. The van der Waals surface area contributed by atoms with Crippen LogP contribution in [-0.2, 0) is 0 Å². The lowest BCUT2D eigenvalue weighted by atomic mass is 9.84. The van der Waals surface area contributed by atoms with Crippen molar-refractivity contribution in [3.05, 3.63) is 0 Å². The molecule has 1 saturated carbocycles. The van der Waals surface area contributed by atoms with Crippen molar-refractivity contribution in [3.63, 3.8) is 0 Å². The highest BCUT2D eigenvalue weighted by atomic mass is 32.2. The Bertz CT molecular complexity index is 254. The van der Waals surface area contributed by atoms with Gasteiger partial charge in [-0.1, -0.05) is 12.8 Å². The first kappa shape index (κ1) is 14.9. The maximum absolute atomic E-state index is 12.9. The lowest BCUT2D eigenvalue weighted by Gasteiger charge is -2.35. The Morgan fingerprint density at radius 1 is 1.11 bits per heavy atom. The van der Waals surface area contributed by atoms with Crippen molar-refractivity contribution in [2.45, 2.75) is 43.2 Å². The van der Waals surface area contributed by atoms with Gasteiger partial charge in [0, 0.05) is 35.1 Å². The van der Waals surface area contributed by atoms with E-state index in [0.29, 0.717) is 18.1 Å². The fourth-order valence-electron chi connectivity index (χ4n) is 2.70. The predicted molar refractivity (Wildman–Crippen MR) is 73.4 cm³/mol. The van der Waals surface area contributed by atoms with Gasteiger partial charge in [-0.15, -0.1) is 0 Å². The second-order valence-corrected chi connectivity index (χ2v) is 7.57. The van der Waals surface area contributed by atoms with Crippen LogP contribution in [-0.4, -0.2) is 41.3 Å². The van der Waals surface area contributed by atoms with Crippen LogP contribution in [0.3, 0.4) is 0 Å². The van der Waals surface area contributed by atoms with Gasteiger partial charge in [0.25, 0.3) is 0 Å². The summed E-state index contributed by atoms with van der Waals surface area (Å²) < 4.78 is 38.7. The molecule has 0 aromatic rings. The molecule has 106 valence electrons. The Morgan fingerprint density at radius 2 is 1.89 bits per heavy atom. The van der Waals surface area contributed by atoms with E-state index >= 15 is 0 Å². The summed E-state index contributed by atoms with van der Waals surface area (Å²) in [6.07, 6.45) is -1.41. The summed E-state index contributed by atoms with van der Waals surface area (Å²) in [6, 6.07) is -0.355. The molecule has 2 fully saturated rings. The molecule has 1 N–H and O–H groups in total. The fourth-order valence-corrected chi connectivity index (χ4v) is 5.33. The summed E-state index contributed by atoms with van der Waals surface area (Å²) in [5, 5.41) is 3.68. The Hall–Kier alpha value is 0.450. The maximum atomic E-state index is 12.9. The summed E-state index contributed by atoms with van der Waals surface area (Å²) in [4.78, 5) is 0. The summed E-state index contributed by atoms with van der Waals surface area (Å²) in [6.45, 7) is 0.731. The van der Waals surface area contributed by atoms with Crippen LogP contribution in [0.4, 0.5) is 13.2 Å². The lowest BCUT2D eigenvalue weighted by Crippen LogP contribution is -2.47. The third kappa shape index (κ3) is 4.23. The van der Waals surface area contributed by atoms with Crippen LogP contribution >= 0.6 is 23.5 Å². The van der Waals surface area contributed by atoms with E-state index in [0.717, 1.165) is 30.9 Å². The van der Waals surface area contributed by atoms with Gasteiger partial charge in [-0.3, -0.25) is 0 Å². The number of halogens is 3. The number of hydrogen-bond donors (Lipinski definition) is 1. The number of alkyl halides is 3. The van der Waals surface area contributed by atoms with Gasteiger partial charge in [0.05, 0.1) is 5.92 Å². The van der Waals surface area contributed by atoms with E-state index in [1.807, 2.05) is 23.5 Å². The molecule has 18 heavy (non-hydrogen) atoms. The molecule has 2 rings (SSSR count). The van der Waals surface area contributed by atoms with Gasteiger partial charge < -0.3 is 5.32 Å². The van der Waals surface area contributed by atoms with Crippen LogP contribution in [0.5, 0.6) is 0 Å². The summed E-state index contributed by atoms with van der Waals surface area (Å²) >= 11 is 3.81. The lowest BCUT2D eigenvalue weighted by molar-refractivity contribution is -0.188. The van der Waals surface area contributed by atoms with Crippen molar-refractivity contribution in [2.24, 2.45) is 5.92 Å². The molecule has 0 bridgehead atoms. The minimum Gasteiger partial charge on any atom is -0.312 e. The number of hydrogen-bond acceptors (Lipinski definition) is 3. The SMILES string of the molecule is FC(F)(F)C1CCCCC1NCC1CSCCS1. The molecule has 0 amide bonds. The highest BCUT2D eigenvalue weighted by Gasteiger charge is 2.45. The first-order valence-electron chi connectivity index (χ1n) is 6.57. The molecule has 1 aliphatic heterocycles. The topological polar surface area (TPSA) is 12.0 Å². The third-order valence-electron chi connectivity index (χ3n) is 3.68. The van der Waals surface area contributed by atoms with Gasteiger partial charge in [-0.05, 0) is 12.8 Å². The third-order valence-corrected chi connectivity index (χ3v) is 6.52. The summed E-state index contributed by atoms with van der Waals surface area (Å²) in [7, 11) is 0. The summed E-state index contributed by atoms with van der Waals surface area (Å²) in [5.74, 6) is 2.24. The molecule has 3 atom stereocenters. The summed E-state index contributed by atoms with van der Waals surface area (Å²) in [5.41, 5.74) is 0. The minimum atomic E-state index is -4.04. The van der Waals surface area contributed by atoms with E-state index in [1.54, 1.807) is 0 Å². The number of nitrogens with one attached hydrogen (secondary N) is 1. The van der Waals surface area contributed by atoms with E-state index in [2.05, 4.69) is 5.32 Å². The van der Waals surface area contributed by atoms with Crippen molar-refractivity contribution in [1.82, 2.24) is 5.32 Å². The van der Waals surface area contributed by atoms with E-state index in [1.165, 1.54) is 5.75 Å². The largest absolute Gasteiger partial charge is 0.393 e. The molecule has 0 spiro atoms. The average molecular weight is 299 g/mol. The van der Waals surface area contributed by atoms with Gasteiger partial charge in [-0.25, -0.2) is 0 Å². The quantitative estimate of drug-likeness (QED) is 0.856. The van der Waals surface area contributed by atoms with Gasteiger partial charge in [0.15, 0.2) is 0 Å². The van der Waals surface area contributed by atoms with Gasteiger partial charge in [0.1, 0.15) is 0 Å². The molecule has 0 aromatic carbocycles. The van der Waals surface area contributed by atoms with Gasteiger partial charge in [-0.2, -0.15) is 36.7 Å². The molecule has 1 saturated heterocycles. The Kier molecular flexibility index (Phi) is 5.57.